The Hall–Kier alpha value is -0.120. The Labute approximate surface area is 115 Å². The molecule has 110 valence electrons. The van der Waals surface area contributed by atoms with Crippen LogP contribution in [0.15, 0.2) is 0 Å². The second-order valence-electron chi connectivity index (χ2n) is 5.18. The molecule has 0 aliphatic heterocycles. The van der Waals surface area contributed by atoms with Crippen molar-refractivity contribution < 1.29 is 0 Å². The van der Waals surface area contributed by atoms with Crippen molar-refractivity contribution in [1.29, 1.82) is 0 Å². The average Bonchev–Trinajstić information content (AvgIpc) is 2.37. The molecule has 0 saturated heterocycles. The van der Waals surface area contributed by atoms with Gasteiger partial charge in [0.2, 0.25) is 0 Å². The molecule has 0 rings (SSSR count). The van der Waals surface area contributed by atoms with Crippen LogP contribution in [-0.4, -0.2) is 73.1 Å². The highest BCUT2D eigenvalue weighted by Crippen LogP contribution is 1.99. The second-order valence-corrected chi connectivity index (χ2v) is 5.18. The number of likely N-dealkylation sites (N-methyl/N-ethyl adjacent to an activating group) is 3. The number of rotatable bonds is 11. The third-order valence-electron chi connectivity index (χ3n) is 3.91. The maximum atomic E-state index is 2.57. The maximum absolute atomic E-state index is 2.57. The summed E-state index contributed by atoms with van der Waals surface area (Å²) in [7, 11) is 0. The fourth-order valence-electron chi connectivity index (χ4n) is 2.30. The molecule has 18 heavy (non-hydrogen) atoms. The minimum absolute atomic E-state index is 0.663. The standard InChI is InChI=1S/C15H35N3/c1-7-16(8-2)11-12-17(9-3)13-14-18(10-4)15(5)6/h15H,7-14H2,1-6H3. The van der Waals surface area contributed by atoms with Gasteiger partial charge in [0, 0.05) is 32.2 Å². The van der Waals surface area contributed by atoms with E-state index in [0.29, 0.717) is 6.04 Å². The van der Waals surface area contributed by atoms with E-state index < -0.39 is 0 Å². The van der Waals surface area contributed by atoms with Gasteiger partial charge >= 0.3 is 0 Å². The van der Waals surface area contributed by atoms with Gasteiger partial charge in [0.1, 0.15) is 0 Å². The summed E-state index contributed by atoms with van der Waals surface area (Å²) in [5, 5.41) is 0. The minimum atomic E-state index is 0.663. The summed E-state index contributed by atoms with van der Waals surface area (Å²) in [5.74, 6) is 0. The van der Waals surface area contributed by atoms with Crippen LogP contribution < -0.4 is 0 Å². The summed E-state index contributed by atoms with van der Waals surface area (Å²) in [6.07, 6.45) is 0. The Morgan fingerprint density at radius 3 is 1.44 bits per heavy atom. The molecule has 3 nitrogen and oxygen atoms in total. The molecule has 0 unspecified atom stereocenters. The zero-order valence-corrected chi connectivity index (χ0v) is 13.6. The van der Waals surface area contributed by atoms with Crippen LogP contribution in [0.25, 0.3) is 0 Å². The molecule has 0 aromatic heterocycles. The fourth-order valence-corrected chi connectivity index (χ4v) is 2.30. The van der Waals surface area contributed by atoms with Crippen LogP contribution in [0.1, 0.15) is 41.5 Å². The quantitative estimate of drug-likeness (QED) is 0.563. The molecule has 0 fully saturated rings. The van der Waals surface area contributed by atoms with Crippen LogP contribution in [0.4, 0.5) is 0 Å². The highest BCUT2D eigenvalue weighted by Gasteiger charge is 2.10. The minimum Gasteiger partial charge on any atom is -0.303 e. The van der Waals surface area contributed by atoms with E-state index in [-0.39, 0.29) is 0 Å². The van der Waals surface area contributed by atoms with Crippen molar-refractivity contribution in [2.24, 2.45) is 0 Å². The van der Waals surface area contributed by atoms with Crippen molar-refractivity contribution in [2.45, 2.75) is 47.6 Å². The molecule has 0 saturated carbocycles. The molecular weight excluding hydrogens is 222 g/mol. The maximum Gasteiger partial charge on any atom is 0.0112 e. The normalized spacial score (nSPS) is 12.3. The van der Waals surface area contributed by atoms with Crippen LogP contribution in [0, 0.1) is 0 Å². The van der Waals surface area contributed by atoms with Crippen LogP contribution >= 0.6 is 0 Å². The van der Waals surface area contributed by atoms with Crippen LogP contribution in [-0.2, 0) is 0 Å². The Kier molecular flexibility index (Phi) is 10.7. The zero-order chi connectivity index (χ0) is 14.0. The van der Waals surface area contributed by atoms with Gasteiger partial charge in [0.05, 0.1) is 0 Å². The largest absolute Gasteiger partial charge is 0.303 e. The molecule has 0 atom stereocenters. The summed E-state index contributed by atoms with van der Waals surface area (Å²) >= 11 is 0. The second kappa shape index (κ2) is 10.8. The molecule has 0 spiro atoms. The van der Waals surface area contributed by atoms with Crippen LogP contribution in [0.5, 0.6) is 0 Å². The Morgan fingerprint density at radius 2 is 1.06 bits per heavy atom. The predicted molar refractivity (Wildman–Crippen MR) is 82.3 cm³/mol. The molecule has 0 aliphatic carbocycles. The summed E-state index contributed by atoms with van der Waals surface area (Å²) in [6.45, 7) is 23.1. The number of hydrogen-bond donors (Lipinski definition) is 0. The predicted octanol–water partition coefficient (Wildman–Crippen LogP) is 2.38. The Bertz CT molecular complexity index is 179. The van der Waals surface area contributed by atoms with E-state index in [9.17, 15) is 0 Å². The Balaban J connectivity index is 3.95. The van der Waals surface area contributed by atoms with E-state index in [4.69, 9.17) is 0 Å². The Morgan fingerprint density at radius 1 is 0.611 bits per heavy atom. The lowest BCUT2D eigenvalue weighted by atomic mass is 10.3. The number of hydrogen-bond acceptors (Lipinski definition) is 3. The highest BCUT2D eigenvalue weighted by atomic mass is 15.2. The molecule has 0 bridgehead atoms. The van der Waals surface area contributed by atoms with Gasteiger partial charge < -0.3 is 9.80 Å². The monoisotopic (exact) mass is 257 g/mol. The topological polar surface area (TPSA) is 9.72 Å². The van der Waals surface area contributed by atoms with E-state index in [1.54, 1.807) is 0 Å². The van der Waals surface area contributed by atoms with E-state index in [1.165, 1.54) is 39.3 Å². The first-order chi connectivity index (χ1) is 8.58. The molecule has 3 heteroatoms. The molecule has 0 aromatic carbocycles. The van der Waals surface area contributed by atoms with Crippen molar-refractivity contribution in [1.82, 2.24) is 14.7 Å². The lowest BCUT2D eigenvalue weighted by Crippen LogP contribution is -2.41. The van der Waals surface area contributed by atoms with Gasteiger partial charge in [0.25, 0.3) is 0 Å². The van der Waals surface area contributed by atoms with Gasteiger partial charge in [-0.25, -0.2) is 0 Å². The molecule has 0 aromatic rings. The van der Waals surface area contributed by atoms with Crippen molar-refractivity contribution >= 4 is 0 Å². The summed E-state index contributed by atoms with van der Waals surface area (Å²) in [4.78, 5) is 7.62. The van der Waals surface area contributed by atoms with Gasteiger partial charge in [-0.1, -0.05) is 27.7 Å². The molecular formula is C15H35N3. The van der Waals surface area contributed by atoms with E-state index >= 15 is 0 Å². The van der Waals surface area contributed by atoms with Gasteiger partial charge in [-0.3, -0.25) is 4.90 Å². The smallest absolute Gasteiger partial charge is 0.0112 e. The van der Waals surface area contributed by atoms with E-state index in [0.717, 1.165) is 13.1 Å². The first kappa shape index (κ1) is 17.9. The van der Waals surface area contributed by atoms with Gasteiger partial charge in [-0.15, -0.1) is 0 Å². The highest BCUT2D eigenvalue weighted by molar-refractivity contribution is 4.66. The average molecular weight is 257 g/mol. The molecule has 0 amide bonds. The van der Waals surface area contributed by atoms with E-state index in [2.05, 4.69) is 56.2 Å². The third-order valence-corrected chi connectivity index (χ3v) is 3.91. The SMILES string of the molecule is CCN(CC)CCN(CC)CCN(CC)C(C)C. The van der Waals surface area contributed by atoms with E-state index in [1.807, 2.05) is 0 Å². The molecule has 0 aliphatic rings. The van der Waals surface area contributed by atoms with Crippen molar-refractivity contribution in [3.05, 3.63) is 0 Å². The number of nitrogens with zero attached hydrogens (tertiary/aromatic N) is 3. The molecule has 0 N–H and O–H groups in total. The van der Waals surface area contributed by atoms with Crippen molar-refractivity contribution in [2.75, 3.05) is 52.4 Å². The van der Waals surface area contributed by atoms with Crippen molar-refractivity contribution in [3.63, 3.8) is 0 Å². The third kappa shape index (κ3) is 7.34. The first-order valence-electron chi connectivity index (χ1n) is 7.77. The summed E-state index contributed by atoms with van der Waals surface area (Å²) < 4.78 is 0. The van der Waals surface area contributed by atoms with Gasteiger partial charge in [0.15, 0.2) is 0 Å². The first-order valence-corrected chi connectivity index (χ1v) is 7.77. The van der Waals surface area contributed by atoms with Gasteiger partial charge in [-0.2, -0.15) is 0 Å². The van der Waals surface area contributed by atoms with Crippen molar-refractivity contribution in [3.8, 4) is 0 Å². The van der Waals surface area contributed by atoms with Crippen LogP contribution in [0.2, 0.25) is 0 Å². The lowest BCUT2D eigenvalue weighted by molar-refractivity contribution is 0.170. The summed E-state index contributed by atoms with van der Waals surface area (Å²) in [6, 6.07) is 0.663. The fraction of sp³-hybridized carbons (Fsp3) is 1.00. The summed E-state index contributed by atoms with van der Waals surface area (Å²) in [5.41, 5.74) is 0. The zero-order valence-electron chi connectivity index (χ0n) is 13.6. The molecule has 0 heterocycles. The molecule has 0 radical (unpaired) electrons. The lowest BCUT2D eigenvalue weighted by Gasteiger charge is -2.30. The van der Waals surface area contributed by atoms with Crippen LogP contribution in [0.3, 0.4) is 0 Å². The van der Waals surface area contributed by atoms with Gasteiger partial charge in [-0.05, 0) is 40.0 Å².